The van der Waals surface area contributed by atoms with Crippen molar-refractivity contribution in [1.29, 1.82) is 0 Å². The third-order valence-electron chi connectivity index (χ3n) is 3.54. The number of rotatable bonds is 6. The second-order valence-corrected chi connectivity index (χ2v) is 7.75. The van der Waals surface area contributed by atoms with Gasteiger partial charge in [0.05, 0.1) is 12.2 Å². The highest BCUT2D eigenvalue weighted by molar-refractivity contribution is 7.87. The Balaban J connectivity index is 1.79. The zero-order valence-corrected chi connectivity index (χ0v) is 15.0. The topological polar surface area (TPSA) is 101 Å². The van der Waals surface area contributed by atoms with Gasteiger partial charge in [0.15, 0.2) is 0 Å². The lowest BCUT2D eigenvalue weighted by molar-refractivity contribution is -0.116. The number of ether oxygens (including phenoxy) is 1. The molecule has 1 aliphatic rings. The smallest absolute Gasteiger partial charge is 0.279 e. The van der Waals surface area contributed by atoms with Crippen LogP contribution in [0.25, 0.3) is 0 Å². The summed E-state index contributed by atoms with van der Waals surface area (Å²) in [5.41, 5.74) is 0.995. The van der Waals surface area contributed by atoms with E-state index < -0.39 is 10.2 Å². The molecule has 0 saturated carbocycles. The summed E-state index contributed by atoms with van der Waals surface area (Å²) in [6.45, 7) is 6.21. The molecule has 1 amide bonds. The highest BCUT2D eigenvalue weighted by Gasteiger charge is 2.30. The molecule has 1 fully saturated rings. The van der Waals surface area contributed by atoms with Crippen molar-refractivity contribution in [3.63, 3.8) is 0 Å². The summed E-state index contributed by atoms with van der Waals surface area (Å²) in [5, 5.41) is 2.63. The predicted octanol–water partition coefficient (Wildman–Crippen LogP) is 0.662. The Bertz CT molecular complexity index is 653. The normalized spacial score (nSPS) is 22.3. The second-order valence-electron chi connectivity index (χ2n) is 5.99. The van der Waals surface area contributed by atoms with Gasteiger partial charge < -0.3 is 10.1 Å². The van der Waals surface area contributed by atoms with Crippen LogP contribution in [0.1, 0.15) is 25.8 Å². The van der Waals surface area contributed by atoms with Gasteiger partial charge >= 0.3 is 0 Å². The Morgan fingerprint density at radius 1 is 1.33 bits per heavy atom. The molecule has 0 spiro atoms. The lowest BCUT2D eigenvalue weighted by Crippen LogP contribution is -2.52. The fourth-order valence-electron chi connectivity index (χ4n) is 2.46. The van der Waals surface area contributed by atoms with E-state index in [2.05, 4.69) is 15.0 Å². The predicted molar refractivity (Wildman–Crippen MR) is 90.7 cm³/mol. The van der Waals surface area contributed by atoms with Crippen LogP contribution in [0.4, 0.5) is 5.82 Å². The molecule has 0 radical (unpaired) electrons. The number of aryl methyl sites for hydroxylation is 1. The van der Waals surface area contributed by atoms with Crippen molar-refractivity contribution in [2.75, 3.05) is 25.0 Å². The number of pyridine rings is 1. The molecule has 1 aliphatic heterocycles. The Kier molecular flexibility index (Phi) is 6.27. The molecule has 2 atom stereocenters. The van der Waals surface area contributed by atoms with Gasteiger partial charge in [-0.1, -0.05) is 6.07 Å². The van der Waals surface area contributed by atoms with E-state index in [4.69, 9.17) is 4.74 Å². The highest BCUT2D eigenvalue weighted by Crippen LogP contribution is 2.13. The summed E-state index contributed by atoms with van der Waals surface area (Å²) in [6, 6.07) is 3.54. The average molecular weight is 356 g/mol. The molecule has 2 heterocycles. The molecule has 1 saturated heterocycles. The van der Waals surface area contributed by atoms with Crippen molar-refractivity contribution in [2.45, 2.75) is 39.4 Å². The maximum atomic E-state index is 12.3. The highest BCUT2D eigenvalue weighted by atomic mass is 32.2. The van der Waals surface area contributed by atoms with Crippen LogP contribution in [0.5, 0.6) is 0 Å². The van der Waals surface area contributed by atoms with Crippen molar-refractivity contribution in [3.8, 4) is 0 Å². The zero-order chi connectivity index (χ0) is 17.7. The van der Waals surface area contributed by atoms with Gasteiger partial charge in [-0.05, 0) is 32.4 Å². The standard InChI is InChI=1S/C15H24N4O4S/c1-11-4-5-14(16-8-11)18-15(20)6-7-17-24(21,22)19-9-12(2)23-13(3)10-19/h4-5,8,12-13,17H,6-7,9-10H2,1-3H3,(H,16,18,20)/t12-,13+. The van der Waals surface area contributed by atoms with E-state index in [1.807, 2.05) is 26.8 Å². The summed E-state index contributed by atoms with van der Waals surface area (Å²) >= 11 is 0. The number of carbonyl (C=O) groups excluding carboxylic acids is 1. The SMILES string of the molecule is Cc1ccc(NC(=O)CCNS(=O)(=O)N2C[C@@H](C)O[C@@H](C)C2)nc1. The van der Waals surface area contributed by atoms with E-state index >= 15 is 0 Å². The number of carbonyl (C=O) groups is 1. The number of amides is 1. The fraction of sp³-hybridized carbons (Fsp3) is 0.600. The third kappa shape index (κ3) is 5.52. The van der Waals surface area contributed by atoms with Crippen molar-refractivity contribution >= 4 is 21.9 Å². The van der Waals surface area contributed by atoms with E-state index in [0.29, 0.717) is 18.9 Å². The Morgan fingerprint density at radius 2 is 2.00 bits per heavy atom. The molecule has 0 aromatic carbocycles. The minimum absolute atomic E-state index is 0.0279. The number of aromatic nitrogens is 1. The first-order valence-corrected chi connectivity index (χ1v) is 9.33. The van der Waals surface area contributed by atoms with E-state index in [-0.39, 0.29) is 31.1 Å². The molecule has 9 heteroatoms. The largest absolute Gasteiger partial charge is 0.373 e. The summed E-state index contributed by atoms with van der Waals surface area (Å²) in [5.74, 6) is 0.155. The van der Waals surface area contributed by atoms with Crippen molar-refractivity contribution in [3.05, 3.63) is 23.9 Å². The molecule has 2 rings (SSSR count). The molecule has 0 bridgehead atoms. The number of anilines is 1. The summed E-state index contributed by atoms with van der Waals surface area (Å²) in [4.78, 5) is 15.9. The molecule has 0 aliphatic carbocycles. The van der Waals surface area contributed by atoms with E-state index in [0.717, 1.165) is 5.56 Å². The second kappa shape index (κ2) is 8.02. The van der Waals surface area contributed by atoms with E-state index in [9.17, 15) is 13.2 Å². The van der Waals surface area contributed by atoms with Gasteiger partial charge in [-0.15, -0.1) is 0 Å². The minimum atomic E-state index is -3.62. The van der Waals surface area contributed by atoms with Gasteiger partial charge in [-0.2, -0.15) is 12.7 Å². The zero-order valence-electron chi connectivity index (χ0n) is 14.2. The molecule has 0 unspecified atom stereocenters. The number of hydrogen-bond donors (Lipinski definition) is 2. The maximum Gasteiger partial charge on any atom is 0.279 e. The van der Waals surface area contributed by atoms with Crippen molar-refractivity contribution in [2.24, 2.45) is 0 Å². The van der Waals surface area contributed by atoms with Crippen LogP contribution in [0, 0.1) is 6.92 Å². The van der Waals surface area contributed by atoms with Crippen molar-refractivity contribution in [1.82, 2.24) is 14.0 Å². The third-order valence-corrected chi connectivity index (χ3v) is 5.09. The molecule has 8 nitrogen and oxygen atoms in total. The molecule has 1 aromatic rings. The van der Waals surface area contributed by atoms with Gasteiger partial charge in [-0.3, -0.25) is 4.79 Å². The number of nitrogens with zero attached hydrogens (tertiary/aromatic N) is 2. The van der Waals surface area contributed by atoms with Gasteiger partial charge in [0.1, 0.15) is 5.82 Å². The number of morpholine rings is 1. The summed E-state index contributed by atoms with van der Waals surface area (Å²) in [6.07, 6.45) is 1.38. The monoisotopic (exact) mass is 356 g/mol. The molecular formula is C15H24N4O4S. The fourth-order valence-corrected chi connectivity index (χ4v) is 3.81. The number of hydrogen-bond acceptors (Lipinski definition) is 5. The Morgan fingerprint density at radius 3 is 2.58 bits per heavy atom. The Labute approximate surface area is 142 Å². The molecule has 134 valence electrons. The molecule has 2 N–H and O–H groups in total. The minimum Gasteiger partial charge on any atom is -0.373 e. The van der Waals surface area contributed by atoms with Crippen LogP contribution in [-0.2, 0) is 19.7 Å². The molecule has 24 heavy (non-hydrogen) atoms. The van der Waals surface area contributed by atoms with Crippen molar-refractivity contribution < 1.29 is 17.9 Å². The van der Waals surface area contributed by atoms with Gasteiger partial charge in [0.25, 0.3) is 10.2 Å². The van der Waals surface area contributed by atoms with Crippen LogP contribution in [0.3, 0.4) is 0 Å². The van der Waals surface area contributed by atoms with Gasteiger partial charge in [0.2, 0.25) is 5.91 Å². The van der Waals surface area contributed by atoms with E-state index in [1.54, 1.807) is 12.3 Å². The first-order chi connectivity index (χ1) is 11.3. The quantitative estimate of drug-likeness (QED) is 0.780. The van der Waals surface area contributed by atoms with Gasteiger partial charge in [-0.25, -0.2) is 9.71 Å². The van der Waals surface area contributed by atoms with E-state index in [1.165, 1.54) is 4.31 Å². The molecular weight excluding hydrogens is 332 g/mol. The van der Waals surface area contributed by atoms with Gasteiger partial charge in [0, 0.05) is 32.3 Å². The van der Waals surface area contributed by atoms with Crippen LogP contribution >= 0.6 is 0 Å². The first-order valence-electron chi connectivity index (χ1n) is 7.89. The van der Waals surface area contributed by atoms with Crippen LogP contribution in [0.2, 0.25) is 0 Å². The Hall–Kier alpha value is -1.55. The lowest BCUT2D eigenvalue weighted by Gasteiger charge is -2.34. The summed E-state index contributed by atoms with van der Waals surface area (Å²) in [7, 11) is -3.62. The first kappa shape index (κ1) is 18.8. The summed E-state index contributed by atoms with van der Waals surface area (Å²) < 4.78 is 33.9. The number of nitrogens with one attached hydrogen (secondary N) is 2. The van der Waals surface area contributed by atoms with Crippen LogP contribution in [0.15, 0.2) is 18.3 Å². The van der Waals surface area contributed by atoms with Crippen LogP contribution < -0.4 is 10.0 Å². The maximum absolute atomic E-state index is 12.3. The van der Waals surface area contributed by atoms with Crippen LogP contribution in [-0.4, -0.2) is 55.5 Å². The molecule has 1 aromatic heterocycles. The lowest BCUT2D eigenvalue weighted by atomic mass is 10.3. The average Bonchev–Trinajstić information content (AvgIpc) is 2.48.